The largest absolute Gasteiger partial charge is 0.497 e. The number of aromatic nitrogens is 2. The minimum Gasteiger partial charge on any atom is -0.497 e. The number of likely N-dealkylation sites (tertiary alicyclic amines) is 2. The van der Waals surface area contributed by atoms with Gasteiger partial charge in [0.05, 0.1) is 24.4 Å². The average molecular weight is 418 g/mol. The molecule has 2 fully saturated rings. The molecule has 0 N–H and O–H groups in total. The fraction of sp³-hybridized carbons (Fsp3) is 0.375. The van der Waals surface area contributed by atoms with Crippen molar-refractivity contribution < 1.29 is 14.3 Å². The Kier molecular flexibility index (Phi) is 4.88. The second-order valence-corrected chi connectivity index (χ2v) is 8.66. The van der Waals surface area contributed by atoms with Gasteiger partial charge in [0.15, 0.2) is 0 Å². The number of carbonyl (C=O) groups is 2. The van der Waals surface area contributed by atoms with Crippen molar-refractivity contribution in [2.75, 3.05) is 26.7 Å². The fourth-order valence-electron chi connectivity index (χ4n) is 4.87. The molecule has 2 aromatic heterocycles. The van der Waals surface area contributed by atoms with Gasteiger partial charge in [0.1, 0.15) is 5.75 Å². The summed E-state index contributed by atoms with van der Waals surface area (Å²) >= 11 is 0. The molecule has 0 bridgehead atoms. The van der Waals surface area contributed by atoms with E-state index in [0.29, 0.717) is 31.6 Å². The first-order valence-electron chi connectivity index (χ1n) is 10.7. The number of ether oxygens (including phenoxy) is 1. The summed E-state index contributed by atoms with van der Waals surface area (Å²) in [5, 5.41) is 4.29. The zero-order valence-corrected chi connectivity index (χ0v) is 17.7. The van der Waals surface area contributed by atoms with Gasteiger partial charge in [0.25, 0.3) is 5.91 Å². The summed E-state index contributed by atoms with van der Waals surface area (Å²) < 4.78 is 6.94. The standard InChI is InChI=1S/C24H26N4O3/c1-31-19-7-5-18(6-8-19)16-27-17-24(14-22(27)29)9-12-26(13-10-24)23(30)20-15-25-28-11-3-2-4-21(20)28/h2-8,11,15H,9-10,12-14,16-17H2,1H3. The predicted octanol–water partition coefficient (Wildman–Crippen LogP) is 3.00. The van der Waals surface area contributed by atoms with Crippen LogP contribution in [0.1, 0.15) is 35.2 Å². The number of hydrogen-bond donors (Lipinski definition) is 0. The van der Waals surface area contributed by atoms with Gasteiger partial charge in [-0.05, 0) is 42.7 Å². The van der Waals surface area contributed by atoms with Crippen LogP contribution in [-0.4, -0.2) is 58.0 Å². The van der Waals surface area contributed by atoms with E-state index in [9.17, 15) is 9.59 Å². The van der Waals surface area contributed by atoms with Crippen molar-refractivity contribution in [3.05, 3.63) is 66.0 Å². The van der Waals surface area contributed by atoms with Crippen LogP contribution in [0.5, 0.6) is 5.75 Å². The lowest BCUT2D eigenvalue weighted by molar-refractivity contribution is -0.128. The number of carbonyl (C=O) groups excluding carboxylic acids is 2. The highest BCUT2D eigenvalue weighted by Gasteiger charge is 2.45. The van der Waals surface area contributed by atoms with Crippen molar-refractivity contribution >= 4 is 17.3 Å². The van der Waals surface area contributed by atoms with Crippen molar-refractivity contribution in [2.45, 2.75) is 25.8 Å². The van der Waals surface area contributed by atoms with E-state index in [-0.39, 0.29) is 17.2 Å². The van der Waals surface area contributed by atoms with Crippen LogP contribution in [0.15, 0.2) is 54.9 Å². The Bertz CT molecular complexity index is 1110. The van der Waals surface area contributed by atoms with E-state index in [2.05, 4.69) is 5.10 Å². The van der Waals surface area contributed by atoms with Crippen molar-refractivity contribution in [1.29, 1.82) is 0 Å². The summed E-state index contributed by atoms with van der Waals surface area (Å²) in [4.78, 5) is 29.7. The lowest BCUT2D eigenvalue weighted by Crippen LogP contribution is -2.44. The molecule has 2 saturated heterocycles. The zero-order valence-electron chi connectivity index (χ0n) is 17.7. The van der Waals surface area contributed by atoms with Gasteiger partial charge >= 0.3 is 0 Å². The van der Waals surface area contributed by atoms with Crippen LogP contribution in [0.3, 0.4) is 0 Å². The number of rotatable bonds is 4. The molecule has 4 heterocycles. The molecule has 0 unspecified atom stereocenters. The van der Waals surface area contributed by atoms with Gasteiger partial charge in [-0.15, -0.1) is 0 Å². The molecule has 2 aliphatic heterocycles. The van der Waals surface area contributed by atoms with E-state index in [1.165, 1.54) is 0 Å². The molecule has 0 radical (unpaired) electrons. The summed E-state index contributed by atoms with van der Waals surface area (Å²) in [6.45, 7) is 2.73. The van der Waals surface area contributed by atoms with Gasteiger partial charge in [-0.1, -0.05) is 18.2 Å². The molecular formula is C24H26N4O3. The Balaban J connectivity index is 1.23. The average Bonchev–Trinajstić information content (AvgIpc) is 3.35. The van der Waals surface area contributed by atoms with Crippen molar-refractivity contribution in [1.82, 2.24) is 19.4 Å². The molecule has 31 heavy (non-hydrogen) atoms. The second kappa shape index (κ2) is 7.72. The van der Waals surface area contributed by atoms with Crippen LogP contribution in [-0.2, 0) is 11.3 Å². The van der Waals surface area contributed by atoms with Crippen LogP contribution < -0.4 is 4.74 Å². The first-order chi connectivity index (χ1) is 15.1. The summed E-state index contributed by atoms with van der Waals surface area (Å²) in [5.74, 6) is 1.05. The van der Waals surface area contributed by atoms with E-state index < -0.39 is 0 Å². The molecule has 0 saturated carbocycles. The van der Waals surface area contributed by atoms with Gasteiger partial charge in [-0.2, -0.15) is 5.10 Å². The molecule has 0 aliphatic carbocycles. The Morgan fingerprint density at radius 2 is 1.90 bits per heavy atom. The maximum absolute atomic E-state index is 13.1. The van der Waals surface area contributed by atoms with Gasteiger partial charge in [-0.25, -0.2) is 4.52 Å². The third-order valence-corrected chi connectivity index (χ3v) is 6.71. The van der Waals surface area contributed by atoms with E-state index in [1.807, 2.05) is 58.5 Å². The number of pyridine rings is 1. The molecule has 2 aliphatic rings. The van der Waals surface area contributed by atoms with Gasteiger partial charge in [0.2, 0.25) is 5.91 Å². The number of piperidine rings is 1. The van der Waals surface area contributed by atoms with Gasteiger partial charge in [-0.3, -0.25) is 9.59 Å². The quantitative estimate of drug-likeness (QED) is 0.653. The molecule has 1 spiro atoms. The Labute approximate surface area is 181 Å². The molecule has 160 valence electrons. The lowest BCUT2D eigenvalue weighted by atomic mass is 9.77. The minimum absolute atomic E-state index is 0.0236. The zero-order chi connectivity index (χ0) is 21.4. The first-order valence-corrected chi connectivity index (χ1v) is 10.7. The number of hydrogen-bond acceptors (Lipinski definition) is 4. The summed E-state index contributed by atoms with van der Waals surface area (Å²) in [6.07, 6.45) is 5.77. The van der Waals surface area contributed by atoms with E-state index >= 15 is 0 Å². The second-order valence-electron chi connectivity index (χ2n) is 8.66. The van der Waals surface area contributed by atoms with E-state index in [1.54, 1.807) is 17.8 Å². The maximum atomic E-state index is 13.1. The van der Waals surface area contributed by atoms with Crippen molar-refractivity contribution in [3.8, 4) is 5.75 Å². The number of nitrogens with zero attached hydrogens (tertiary/aromatic N) is 4. The van der Waals surface area contributed by atoms with Crippen molar-refractivity contribution in [2.24, 2.45) is 5.41 Å². The fourth-order valence-corrected chi connectivity index (χ4v) is 4.87. The van der Waals surface area contributed by atoms with E-state index in [4.69, 9.17) is 4.74 Å². The summed E-state index contributed by atoms with van der Waals surface area (Å²) in [7, 11) is 1.65. The molecule has 7 heteroatoms. The summed E-state index contributed by atoms with van der Waals surface area (Å²) in [6, 6.07) is 13.6. The summed E-state index contributed by atoms with van der Waals surface area (Å²) in [5.41, 5.74) is 2.54. The topological polar surface area (TPSA) is 67.2 Å². The van der Waals surface area contributed by atoms with Crippen LogP contribution >= 0.6 is 0 Å². The van der Waals surface area contributed by atoms with Crippen LogP contribution in [0.25, 0.3) is 5.52 Å². The Hall–Kier alpha value is -3.35. The monoisotopic (exact) mass is 418 g/mol. The van der Waals surface area contributed by atoms with Crippen LogP contribution in [0, 0.1) is 5.41 Å². The number of benzene rings is 1. The normalized spacial score (nSPS) is 18.2. The van der Waals surface area contributed by atoms with Gasteiger partial charge < -0.3 is 14.5 Å². The molecule has 7 nitrogen and oxygen atoms in total. The predicted molar refractivity (Wildman–Crippen MR) is 116 cm³/mol. The molecular weight excluding hydrogens is 392 g/mol. The lowest BCUT2D eigenvalue weighted by Gasteiger charge is -2.38. The van der Waals surface area contributed by atoms with Crippen LogP contribution in [0.2, 0.25) is 0 Å². The Morgan fingerprint density at radius 3 is 2.65 bits per heavy atom. The van der Waals surface area contributed by atoms with Crippen LogP contribution in [0.4, 0.5) is 0 Å². The highest BCUT2D eigenvalue weighted by Crippen LogP contribution is 2.41. The molecule has 0 atom stereocenters. The highest BCUT2D eigenvalue weighted by molar-refractivity contribution is 6.00. The molecule has 3 aromatic rings. The number of fused-ring (bicyclic) bond motifs is 1. The number of amides is 2. The first kappa shape index (κ1) is 19.6. The minimum atomic E-state index is -0.0264. The Morgan fingerprint density at radius 1 is 1.13 bits per heavy atom. The highest BCUT2D eigenvalue weighted by atomic mass is 16.5. The number of methoxy groups -OCH3 is 1. The third kappa shape index (κ3) is 3.65. The smallest absolute Gasteiger partial charge is 0.257 e. The third-order valence-electron chi connectivity index (χ3n) is 6.71. The van der Waals surface area contributed by atoms with Crippen molar-refractivity contribution in [3.63, 3.8) is 0 Å². The molecule has 1 aromatic carbocycles. The maximum Gasteiger partial charge on any atom is 0.257 e. The molecule has 5 rings (SSSR count). The SMILES string of the molecule is COc1ccc(CN2CC3(CCN(C(=O)c4cnn5ccccc45)CC3)CC2=O)cc1. The van der Waals surface area contributed by atoms with E-state index in [0.717, 1.165) is 36.2 Å². The molecule has 2 amide bonds. The van der Waals surface area contributed by atoms with Gasteiger partial charge in [0, 0.05) is 44.2 Å².